The minimum absolute atomic E-state index is 0.181. The van der Waals surface area contributed by atoms with Crippen LogP contribution in [0.3, 0.4) is 0 Å². The lowest BCUT2D eigenvalue weighted by Gasteiger charge is -2.25. The molecule has 0 fully saturated rings. The molecule has 8 nitrogen and oxygen atoms in total. The summed E-state index contributed by atoms with van der Waals surface area (Å²) < 4.78 is 27.2. The molecule has 1 aliphatic heterocycles. The number of fused-ring (bicyclic) bond motifs is 1. The van der Waals surface area contributed by atoms with Crippen LogP contribution in [0.15, 0.2) is 65.8 Å². The van der Waals surface area contributed by atoms with E-state index in [1.54, 1.807) is 18.5 Å². The van der Waals surface area contributed by atoms with E-state index in [0.717, 1.165) is 22.5 Å². The number of nitrogens with zero attached hydrogens (tertiary/aromatic N) is 2. The van der Waals surface area contributed by atoms with E-state index in [2.05, 4.69) is 9.97 Å². The van der Waals surface area contributed by atoms with Gasteiger partial charge in [-0.05, 0) is 23.3 Å². The lowest BCUT2D eigenvalue weighted by Crippen LogP contribution is -2.36. The number of carbonyl (C=O) groups is 1. The van der Waals surface area contributed by atoms with Gasteiger partial charge in [-0.25, -0.2) is 18.9 Å². The number of imidazole rings is 1. The topological polar surface area (TPSA) is 115 Å². The van der Waals surface area contributed by atoms with Gasteiger partial charge in [-0.15, -0.1) is 0 Å². The molecule has 0 spiro atoms. The van der Waals surface area contributed by atoms with Gasteiger partial charge in [0.15, 0.2) is 0 Å². The molecule has 0 aliphatic carbocycles. The molecule has 1 aromatic heterocycles. The van der Waals surface area contributed by atoms with Crippen LogP contribution in [-0.2, 0) is 27.8 Å². The summed E-state index contributed by atoms with van der Waals surface area (Å²) in [4.78, 5) is 16.4. The van der Waals surface area contributed by atoms with Crippen LogP contribution in [0.2, 0.25) is 0 Å². The van der Waals surface area contributed by atoms with Gasteiger partial charge in [0, 0.05) is 13.0 Å². The normalized spacial score (nSPS) is 13.8. The van der Waals surface area contributed by atoms with Gasteiger partial charge in [0.1, 0.15) is 0 Å². The number of aromatic nitrogens is 2. The first-order valence-corrected chi connectivity index (χ1v) is 10.0. The van der Waals surface area contributed by atoms with E-state index >= 15 is 0 Å². The van der Waals surface area contributed by atoms with E-state index in [0.29, 0.717) is 24.4 Å². The zero-order valence-electron chi connectivity index (χ0n) is 14.9. The highest BCUT2D eigenvalue weighted by atomic mass is 32.2. The predicted molar refractivity (Wildman–Crippen MR) is 103 cm³/mol. The fourth-order valence-electron chi connectivity index (χ4n) is 2.99. The number of sulfonamides is 1. The summed E-state index contributed by atoms with van der Waals surface area (Å²) in [6.07, 6.45) is 2.44. The Bertz CT molecular complexity index is 1020. The molecule has 0 unspecified atom stereocenters. The summed E-state index contributed by atoms with van der Waals surface area (Å²) in [6.45, 7) is 0.804. The highest BCUT2D eigenvalue weighted by molar-refractivity contribution is 7.89. The Labute approximate surface area is 162 Å². The van der Waals surface area contributed by atoms with Crippen LogP contribution in [-0.4, -0.2) is 40.9 Å². The number of H-pyrrole nitrogens is 1. The molecular weight excluding hydrogens is 380 g/mol. The second-order valence-electron chi connectivity index (χ2n) is 6.05. The number of hydrogen-bond donors (Lipinski definition) is 3. The summed E-state index contributed by atoms with van der Waals surface area (Å²) in [5, 5.41) is 7.26. The van der Waals surface area contributed by atoms with Gasteiger partial charge in [-0.3, -0.25) is 10.0 Å². The van der Waals surface area contributed by atoms with E-state index in [-0.39, 0.29) is 6.41 Å². The maximum absolute atomic E-state index is 12.9. The number of amides is 1. The predicted octanol–water partition coefficient (Wildman–Crippen LogP) is 1.95. The average molecular weight is 400 g/mol. The van der Waals surface area contributed by atoms with Crippen molar-refractivity contribution in [2.24, 2.45) is 0 Å². The summed E-state index contributed by atoms with van der Waals surface area (Å²) in [5.41, 5.74) is 5.16. The summed E-state index contributed by atoms with van der Waals surface area (Å²) >= 11 is 0. The summed E-state index contributed by atoms with van der Waals surface area (Å²) in [7, 11) is -3.50. The zero-order valence-corrected chi connectivity index (χ0v) is 15.8. The molecule has 0 saturated carbocycles. The first kappa shape index (κ1) is 19.7. The monoisotopic (exact) mass is 400 g/mol. The maximum Gasteiger partial charge on any atom is 0.243 e. The van der Waals surface area contributed by atoms with Crippen molar-refractivity contribution in [2.75, 3.05) is 6.54 Å². The molecule has 28 heavy (non-hydrogen) atoms. The highest BCUT2D eigenvalue weighted by Gasteiger charge is 2.29. The minimum Gasteiger partial charge on any atom is -0.347 e. The third kappa shape index (κ3) is 4.28. The van der Waals surface area contributed by atoms with Crippen molar-refractivity contribution in [2.45, 2.75) is 17.9 Å². The van der Waals surface area contributed by atoms with Crippen LogP contribution in [0.1, 0.15) is 11.4 Å². The largest absolute Gasteiger partial charge is 0.347 e. The molecule has 2 heterocycles. The maximum atomic E-state index is 12.9. The first-order valence-electron chi connectivity index (χ1n) is 8.56. The van der Waals surface area contributed by atoms with Gasteiger partial charge >= 0.3 is 0 Å². The molecule has 146 valence electrons. The number of carbonyl (C=O) groups excluding carboxylic acids is 1. The molecule has 1 aliphatic rings. The van der Waals surface area contributed by atoms with Gasteiger partial charge in [0.2, 0.25) is 16.4 Å². The number of nitrogens with one attached hydrogen (secondary N) is 2. The molecule has 0 saturated heterocycles. The lowest BCUT2D eigenvalue weighted by molar-refractivity contribution is -0.116. The number of benzene rings is 2. The van der Waals surface area contributed by atoms with Gasteiger partial charge in [0.25, 0.3) is 0 Å². The molecule has 3 aromatic rings. The fourth-order valence-corrected chi connectivity index (χ4v) is 4.40. The summed E-state index contributed by atoms with van der Waals surface area (Å²) in [5.74, 6) is 0. The first-order chi connectivity index (χ1) is 13.6. The molecule has 0 atom stereocenters. The van der Waals surface area contributed by atoms with E-state index in [4.69, 9.17) is 10.0 Å². The SMILES string of the molecule is O=CNO.O=S(=O)(c1ccc(-c2ccccc2)cc1)N1CCc2nc[nH]c2C1. The Morgan fingerprint density at radius 3 is 2.36 bits per heavy atom. The van der Waals surface area contributed by atoms with Crippen molar-refractivity contribution < 1.29 is 18.4 Å². The Hall–Kier alpha value is -3.01. The second kappa shape index (κ2) is 8.79. The van der Waals surface area contributed by atoms with Crippen molar-refractivity contribution in [1.82, 2.24) is 19.8 Å². The lowest BCUT2D eigenvalue weighted by atomic mass is 10.1. The highest BCUT2D eigenvalue weighted by Crippen LogP contribution is 2.25. The number of hydroxylamine groups is 1. The second-order valence-corrected chi connectivity index (χ2v) is 7.99. The zero-order chi connectivity index (χ0) is 20.0. The van der Waals surface area contributed by atoms with Crippen LogP contribution in [0.5, 0.6) is 0 Å². The van der Waals surface area contributed by atoms with Gasteiger partial charge in [-0.1, -0.05) is 42.5 Å². The van der Waals surface area contributed by atoms with Crippen LogP contribution in [0.25, 0.3) is 11.1 Å². The molecule has 2 aromatic carbocycles. The Morgan fingerprint density at radius 1 is 1.07 bits per heavy atom. The Balaban J connectivity index is 0.000000516. The molecule has 9 heteroatoms. The van der Waals surface area contributed by atoms with Crippen molar-refractivity contribution >= 4 is 16.4 Å². The molecule has 4 rings (SSSR count). The number of aromatic amines is 1. The third-order valence-electron chi connectivity index (χ3n) is 4.39. The van der Waals surface area contributed by atoms with E-state index in [1.165, 1.54) is 9.79 Å². The minimum atomic E-state index is -3.50. The van der Waals surface area contributed by atoms with E-state index in [9.17, 15) is 8.42 Å². The molecule has 3 N–H and O–H groups in total. The Morgan fingerprint density at radius 2 is 1.71 bits per heavy atom. The Kier molecular flexibility index (Phi) is 6.19. The van der Waals surface area contributed by atoms with Crippen LogP contribution >= 0.6 is 0 Å². The van der Waals surface area contributed by atoms with Crippen LogP contribution in [0.4, 0.5) is 0 Å². The molecule has 0 bridgehead atoms. The van der Waals surface area contributed by atoms with Crippen molar-refractivity contribution in [3.63, 3.8) is 0 Å². The van der Waals surface area contributed by atoms with Crippen molar-refractivity contribution in [3.8, 4) is 11.1 Å². The van der Waals surface area contributed by atoms with Gasteiger partial charge < -0.3 is 4.98 Å². The molecule has 1 amide bonds. The molecular formula is C19H20N4O4S. The van der Waals surface area contributed by atoms with Crippen LogP contribution < -0.4 is 5.48 Å². The number of rotatable bonds is 4. The summed E-state index contributed by atoms with van der Waals surface area (Å²) in [6, 6.07) is 17.0. The molecule has 0 radical (unpaired) electrons. The average Bonchev–Trinajstić information content (AvgIpc) is 3.22. The van der Waals surface area contributed by atoms with Gasteiger partial charge in [-0.2, -0.15) is 4.31 Å². The standard InChI is InChI=1S/C18H17N3O2S.CH3NO2/c22-24(23,21-11-10-17-18(12-21)20-13-19-17)16-8-6-15(7-9-16)14-4-2-1-3-5-14;3-1-2-4/h1-9,13H,10-12H2,(H,19,20);1,4H,(H,2,3). The van der Waals surface area contributed by atoms with Gasteiger partial charge in [0.05, 0.1) is 29.2 Å². The number of hydrogen-bond acceptors (Lipinski definition) is 5. The quantitative estimate of drug-likeness (QED) is 0.352. The van der Waals surface area contributed by atoms with Crippen LogP contribution in [0, 0.1) is 0 Å². The fraction of sp³-hybridized carbons (Fsp3) is 0.158. The van der Waals surface area contributed by atoms with Crippen molar-refractivity contribution in [1.29, 1.82) is 0 Å². The van der Waals surface area contributed by atoms with E-state index < -0.39 is 10.0 Å². The third-order valence-corrected chi connectivity index (χ3v) is 6.25. The smallest absolute Gasteiger partial charge is 0.243 e. The van der Waals surface area contributed by atoms with Crippen molar-refractivity contribution in [3.05, 3.63) is 72.3 Å². The van der Waals surface area contributed by atoms with E-state index in [1.807, 2.05) is 42.5 Å².